The van der Waals surface area contributed by atoms with E-state index in [1.807, 2.05) is 0 Å². The number of hydrogen-bond acceptors (Lipinski definition) is 1. The third kappa shape index (κ3) is 72.7. The summed E-state index contributed by atoms with van der Waals surface area (Å²) in [5.41, 5.74) is 0. The van der Waals surface area contributed by atoms with Crippen LogP contribution in [0.4, 0.5) is 0 Å². The van der Waals surface area contributed by atoms with Gasteiger partial charge in [0.2, 0.25) is 0 Å². The molecule has 0 amide bonds. The zero-order valence-corrected chi connectivity index (χ0v) is 5.50. The Morgan fingerprint density at radius 1 is 1.60 bits per heavy atom. The van der Waals surface area contributed by atoms with Gasteiger partial charge in [-0.3, -0.25) is 0 Å². The molecule has 36 valence electrons. The summed E-state index contributed by atoms with van der Waals surface area (Å²) in [6.45, 7) is 1.93. The fourth-order valence-electron chi connectivity index (χ4n) is 0. The molecule has 1 nitrogen and oxygen atoms in total. The average molecular weight is 117 g/mol. The zero-order chi connectivity index (χ0) is 2.71. The minimum Gasteiger partial charge on any atom is -0.397 e. The van der Waals surface area contributed by atoms with Crippen molar-refractivity contribution in [3.8, 4) is 0 Å². The summed E-state index contributed by atoms with van der Waals surface area (Å²) >= 11 is 0. The van der Waals surface area contributed by atoms with Crippen LogP contribution in [0.3, 0.4) is 0 Å². The van der Waals surface area contributed by atoms with E-state index in [2.05, 4.69) is 0 Å². The van der Waals surface area contributed by atoms with Gasteiger partial charge in [-0.2, -0.15) is 9.90 Å². The van der Waals surface area contributed by atoms with Crippen molar-refractivity contribution in [1.29, 1.82) is 0 Å². The first-order valence-corrected chi connectivity index (χ1v) is 1.02. The van der Waals surface area contributed by atoms with Gasteiger partial charge < -0.3 is 5.11 Å². The van der Waals surface area contributed by atoms with Gasteiger partial charge in [0.25, 0.3) is 0 Å². The second kappa shape index (κ2) is 22.5. The molecule has 0 rings (SSSR count). The van der Waals surface area contributed by atoms with Gasteiger partial charge in [-0.1, -0.05) is 0 Å². The molecule has 0 radical (unpaired) electrons. The molecule has 0 saturated heterocycles. The molecular weight excluding hydrogens is 106 g/mol. The Morgan fingerprint density at radius 3 is 1.60 bits per heavy atom. The van der Waals surface area contributed by atoms with E-state index >= 15 is 0 Å². The van der Waals surface area contributed by atoms with E-state index in [4.69, 9.17) is 5.11 Å². The van der Waals surface area contributed by atoms with Crippen molar-refractivity contribution in [3.63, 3.8) is 0 Å². The highest BCUT2D eigenvalue weighted by Crippen LogP contribution is 1.30. The summed E-state index contributed by atoms with van der Waals surface area (Å²) in [6, 6.07) is 0. The summed E-state index contributed by atoms with van der Waals surface area (Å²) in [6.07, 6.45) is 0. The number of aliphatic hydroxyl groups is 1. The average Bonchev–Trinajstić information content (AvgIpc) is 0.918. The molecule has 3 heteroatoms. The van der Waals surface area contributed by atoms with Crippen LogP contribution in [0.1, 0.15) is 6.92 Å². The molecule has 0 heterocycles. The standard InChI is InChI=1S/C2H6O.ClH.H3P/c1-2-3;;/h3H,2H2,1H3;1H;1H3. The topological polar surface area (TPSA) is 20.2 Å². The number of halogens is 1. The summed E-state index contributed by atoms with van der Waals surface area (Å²) in [5, 5.41) is 7.57. The summed E-state index contributed by atoms with van der Waals surface area (Å²) in [4.78, 5) is 0. The Kier molecular flexibility index (Phi) is 77.8. The molecule has 0 aromatic carbocycles. The smallest absolute Gasteiger partial charge is 0.0402 e. The summed E-state index contributed by atoms with van der Waals surface area (Å²) < 4.78 is 0. The van der Waals surface area contributed by atoms with Crippen LogP contribution in [0, 0.1) is 0 Å². The van der Waals surface area contributed by atoms with Crippen LogP contribution >= 0.6 is 22.3 Å². The molecule has 0 bridgehead atoms. The highest BCUT2D eigenvalue weighted by Gasteiger charge is 1.34. The van der Waals surface area contributed by atoms with Crippen molar-refractivity contribution in [3.05, 3.63) is 0 Å². The Bertz CT molecular complexity index is 9.61. The maximum atomic E-state index is 7.57. The fraction of sp³-hybridized carbons (Fsp3) is 1.00. The van der Waals surface area contributed by atoms with Crippen LogP contribution in [0.15, 0.2) is 0 Å². The Hall–Kier alpha value is 0.680. The van der Waals surface area contributed by atoms with Crippen LogP contribution in [-0.2, 0) is 0 Å². The van der Waals surface area contributed by atoms with Crippen molar-refractivity contribution in [2.45, 2.75) is 6.92 Å². The quantitative estimate of drug-likeness (QED) is 0.457. The third-order valence-electron chi connectivity index (χ3n) is 0. The first-order chi connectivity index (χ1) is 1.41. The highest BCUT2D eigenvalue weighted by molar-refractivity contribution is 6.92. The van der Waals surface area contributed by atoms with E-state index in [9.17, 15) is 0 Å². The van der Waals surface area contributed by atoms with Gasteiger partial charge in [0.05, 0.1) is 0 Å². The molecule has 1 N–H and O–H groups in total. The van der Waals surface area contributed by atoms with Crippen LogP contribution in [0.5, 0.6) is 0 Å². The Morgan fingerprint density at radius 2 is 1.60 bits per heavy atom. The molecule has 0 aromatic heterocycles. The predicted octanol–water partition coefficient (Wildman–Crippen LogP) is 0.478. The van der Waals surface area contributed by atoms with E-state index in [1.165, 1.54) is 0 Å². The van der Waals surface area contributed by atoms with Crippen molar-refractivity contribution < 1.29 is 5.11 Å². The van der Waals surface area contributed by atoms with Gasteiger partial charge in [0, 0.05) is 6.61 Å². The normalized spacial score (nSPS) is 3.60. The predicted molar refractivity (Wildman–Crippen MR) is 31.1 cm³/mol. The molecule has 1 unspecified atom stereocenters. The van der Waals surface area contributed by atoms with Gasteiger partial charge in [0.1, 0.15) is 0 Å². The molecule has 1 atom stereocenters. The van der Waals surface area contributed by atoms with Gasteiger partial charge in [0.15, 0.2) is 0 Å². The molecule has 0 aliphatic carbocycles. The summed E-state index contributed by atoms with van der Waals surface area (Å²) in [7, 11) is 0. The van der Waals surface area contributed by atoms with Crippen LogP contribution in [0.25, 0.3) is 0 Å². The second-order valence-electron chi connectivity index (χ2n) is 0.316. The second-order valence-corrected chi connectivity index (χ2v) is 0.316. The first-order valence-electron chi connectivity index (χ1n) is 1.02. The number of rotatable bonds is 0. The lowest BCUT2D eigenvalue weighted by molar-refractivity contribution is 0.318. The lowest BCUT2D eigenvalue weighted by Crippen LogP contribution is -1.57. The van der Waals surface area contributed by atoms with Gasteiger partial charge in [-0.05, 0) is 6.92 Å². The summed E-state index contributed by atoms with van der Waals surface area (Å²) in [5.74, 6) is 0. The van der Waals surface area contributed by atoms with E-state index < -0.39 is 0 Å². The maximum absolute atomic E-state index is 7.57. The zero-order valence-electron chi connectivity index (χ0n) is 3.27. The monoisotopic (exact) mass is 116 g/mol. The Labute approximate surface area is 41.8 Å². The molecular formula is C2H10ClOP. The SMILES string of the molecule is CCO.Cl.P. The number of hydrogen-bond donors (Lipinski definition) is 1. The minimum atomic E-state index is 0. The van der Waals surface area contributed by atoms with E-state index in [1.54, 1.807) is 6.92 Å². The first kappa shape index (κ1) is 17.3. The molecule has 5 heavy (non-hydrogen) atoms. The van der Waals surface area contributed by atoms with Crippen molar-refractivity contribution in [1.82, 2.24) is 0 Å². The highest BCUT2D eigenvalue weighted by atomic mass is 35.5. The molecule has 0 aliphatic heterocycles. The van der Waals surface area contributed by atoms with Crippen LogP contribution in [-0.4, -0.2) is 11.7 Å². The van der Waals surface area contributed by atoms with E-state index in [0.29, 0.717) is 0 Å². The van der Waals surface area contributed by atoms with E-state index in [-0.39, 0.29) is 28.9 Å². The third-order valence-corrected chi connectivity index (χ3v) is 0. The van der Waals surface area contributed by atoms with Gasteiger partial charge in [-0.25, -0.2) is 0 Å². The fourth-order valence-corrected chi connectivity index (χ4v) is 0. The van der Waals surface area contributed by atoms with Gasteiger partial charge in [-0.15, -0.1) is 12.4 Å². The molecule has 0 saturated carbocycles. The minimum absolute atomic E-state index is 0. The van der Waals surface area contributed by atoms with Crippen LogP contribution < -0.4 is 0 Å². The van der Waals surface area contributed by atoms with Crippen molar-refractivity contribution >= 4 is 22.3 Å². The van der Waals surface area contributed by atoms with Crippen molar-refractivity contribution in [2.24, 2.45) is 0 Å². The Balaban J connectivity index is -0.0000000200. The van der Waals surface area contributed by atoms with Crippen LogP contribution in [0.2, 0.25) is 0 Å². The van der Waals surface area contributed by atoms with Gasteiger partial charge >= 0.3 is 0 Å². The lowest BCUT2D eigenvalue weighted by Gasteiger charge is -1.52. The lowest BCUT2D eigenvalue weighted by atomic mass is 10.9. The van der Waals surface area contributed by atoms with E-state index in [0.717, 1.165) is 0 Å². The number of aliphatic hydroxyl groups excluding tert-OH is 1. The van der Waals surface area contributed by atoms with Crippen molar-refractivity contribution in [2.75, 3.05) is 6.61 Å². The molecule has 0 aliphatic rings. The molecule has 0 spiro atoms. The maximum Gasteiger partial charge on any atom is 0.0402 e. The molecule has 0 aromatic rings. The molecule has 0 fully saturated rings. The largest absolute Gasteiger partial charge is 0.397 e.